The number of nitrogens with one attached hydrogen (secondary N) is 1. The Kier molecular flexibility index (Phi) is 8.47. The van der Waals surface area contributed by atoms with Crippen molar-refractivity contribution in [2.24, 2.45) is 5.10 Å². The second-order valence-electron chi connectivity index (χ2n) is 7.35. The Balaban J connectivity index is 1.64. The monoisotopic (exact) mass is 558 g/mol. The fourth-order valence-corrected chi connectivity index (χ4v) is 3.91. The van der Waals surface area contributed by atoms with Crippen LogP contribution in [0.1, 0.15) is 27.8 Å². The summed E-state index contributed by atoms with van der Waals surface area (Å²) in [5, 5.41) is 4.09. The highest BCUT2D eigenvalue weighted by molar-refractivity contribution is 9.10. The van der Waals surface area contributed by atoms with Gasteiger partial charge in [0.25, 0.3) is 0 Å². The van der Waals surface area contributed by atoms with Crippen LogP contribution < -0.4 is 14.9 Å². The van der Waals surface area contributed by atoms with E-state index in [9.17, 15) is 4.79 Å². The predicted molar refractivity (Wildman–Crippen MR) is 135 cm³/mol. The van der Waals surface area contributed by atoms with Gasteiger partial charge in [-0.3, -0.25) is 4.79 Å². The van der Waals surface area contributed by atoms with E-state index in [2.05, 4.69) is 42.4 Å². The van der Waals surface area contributed by atoms with Crippen LogP contribution in [0.4, 0.5) is 0 Å². The van der Waals surface area contributed by atoms with Crippen LogP contribution in [0.2, 0.25) is 0 Å². The number of aryl methyl sites for hydroxylation is 2. The Morgan fingerprint density at radius 1 is 1.06 bits per heavy atom. The number of hydrogen-bond acceptors (Lipinski definition) is 4. The van der Waals surface area contributed by atoms with E-state index in [0.29, 0.717) is 18.1 Å². The van der Waals surface area contributed by atoms with E-state index in [4.69, 9.17) is 9.47 Å². The van der Waals surface area contributed by atoms with Crippen molar-refractivity contribution in [2.75, 3.05) is 7.11 Å². The summed E-state index contributed by atoms with van der Waals surface area (Å²) < 4.78 is 13.2. The van der Waals surface area contributed by atoms with Crippen molar-refractivity contribution in [2.45, 2.75) is 26.9 Å². The number of rotatable bonds is 8. The second kappa shape index (κ2) is 11.3. The van der Waals surface area contributed by atoms with Crippen LogP contribution >= 0.6 is 31.9 Å². The van der Waals surface area contributed by atoms with Gasteiger partial charge in [0.1, 0.15) is 6.61 Å². The summed E-state index contributed by atoms with van der Waals surface area (Å²) in [6.07, 6.45) is 1.85. The van der Waals surface area contributed by atoms with Crippen molar-refractivity contribution in [1.82, 2.24) is 5.43 Å². The van der Waals surface area contributed by atoms with E-state index >= 15 is 0 Å². The molecule has 0 unspecified atom stereocenters. The van der Waals surface area contributed by atoms with E-state index in [1.165, 1.54) is 0 Å². The molecule has 1 N–H and O–H groups in total. The Morgan fingerprint density at radius 2 is 1.81 bits per heavy atom. The van der Waals surface area contributed by atoms with E-state index in [0.717, 1.165) is 36.8 Å². The second-order valence-corrected chi connectivity index (χ2v) is 9.12. The first-order valence-electron chi connectivity index (χ1n) is 9.98. The smallest absolute Gasteiger partial charge is 0.244 e. The van der Waals surface area contributed by atoms with Crippen LogP contribution in [0.25, 0.3) is 0 Å². The molecule has 0 aliphatic heterocycles. The number of methoxy groups -OCH3 is 1. The maximum atomic E-state index is 12.3. The molecule has 0 saturated heterocycles. The lowest BCUT2D eigenvalue weighted by atomic mass is 10.0. The van der Waals surface area contributed by atoms with Gasteiger partial charge in [-0.05, 0) is 76.3 Å². The highest BCUT2D eigenvalue weighted by Crippen LogP contribution is 2.37. The summed E-state index contributed by atoms with van der Waals surface area (Å²) in [4.78, 5) is 12.3. The molecule has 0 aliphatic carbocycles. The summed E-state index contributed by atoms with van der Waals surface area (Å²) in [6.45, 7) is 4.41. The number of amides is 1. The van der Waals surface area contributed by atoms with Crippen molar-refractivity contribution >= 4 is 44.0 Å². The molecule has 3 aromatic rings. The van der Waals surface area contributed by atoms with Crippen molar-refractivity contribution in [3.05, 3.63) is 91.4 Å². The number of benzene rings is 3. The minimum absolute atomic E-state index is 0.171. The van der Waals surface area contributed by atoms with Crippen LogP contribution in [0.5, 0.6) is 11.5 Å². The first kappa shape index (κ1) is 24.0. The molecule has 166 valence electrons. The third-order valence-electron chi connectivity index (χ3n) is 4.81. The van der Waals surface area contributed by atoms with Crippen molar-refractivity contribution in [1.29, 1.82) is 0 Å². The van der Waals surface area contributed by atoms with Gasteiger partial charge in [0.2, 0.25) is 5.91 Å². The SMILES string of the molecule is COc1cc(/C=N/NC(=O)Cc2cc(C)ccc2C)cc(Br)c1OCc1ccc(Br)cc1. The van der Waals surface area contributed by atoms with Crippen molar-refractivity contribution < 1.29 is 14.3 Å². The number of ether oxygens (including phenoxy) is 2. The minimum atomic E-state index is -0.171. The molecule has 3 aromatic carbocycles. The molecule has 0 aliphatic rings. The molecule has 5 nitrogen and oxygen atoms in total. The summed E-state index contributed by atoms with van der Waals surface area (Å²) in [5.74, 6) is 1.00. The summed E-state index contributed by atoms with van der Waals surface area (Å²) >= 11 is 6.97. The maximum Gasteiger partial charge on any atom is 0.244 e. The Morgan fingerprint density at radius 3 is 2.53 bits per heavy atom. The first-order valence-corrected chi connectivity index (χ1v) is 11.6. The van der Waals surface area contributed by atoms with Gasteiger partial charge in [0.05, 0.1) is 24.2 Å². The molecule has 7 heteroatoms. The summed E-state index contributed by atoms with van der Waals surface area (Å²) in [5.41, 5.74) is 7.60. The summed E-state index contributed by atoms with van der Waals surface area (Å²) in [6, 6.07) is 17.7. The van der Waals surface area contributed by atoms with E-state index in [1.54, 1.807) is 13.3 Å². The van der Waals surface area contributed by atoms with Gasteiger partial charge in [-0.1, -0.05) is 51.8 Å². The van der Waals surface area contributed by atoms with Crippen LogP contribution in [-0.2, 0) is 17.8 Å². The molecule has 0 saturated carbocycles. The molecule has 0 aromatic heterocycles. The molecule has 3 rings (SSSR count). The highest BCUT2D eigenvalue weighted by Gasteiger charge is 2.12. The zero-order chi connectivity index (χ0) is 23.1. The Labute approximate surface area is 205 Å². The van der Waals surface area contributed by atoms with Crippen LogP contribution in [0, 0.1) is 13.8 Å². The molecular formula is C25H24Br2N2O3. The number of hydrazone groups is 1. The number of hydrogen-bond donors (Lipinski definition) is 1. The average molecular weight is 560 g/mol. The topological polar surface area (TPSA) is 59.9 Å². The van der Waals surface area contributed by atoms with Crippen LogP contribution in [-0.4, -0.2) is 19.2 Å². The molecule has 0 atom stereocenters. The minimum Gasteiger partial charge on any atom is -0.493 e. The van der Waals surface area contributed by atoms with E-state index < -0.39 is 0 Å². The van der Waals surface area contributed by atoms with Crippen LogP contribution in [0.3, 0.4) is 0 Å². The third-order valence-corrected chi connectivity index (χ3v) is 5.92. The zero-order valence-electron chi connectivity index (χ0n) is 18.1. The normalized spacial score (nSPS) is 10.9. The first-order chi connectivity index (χ1) is 15.4. The van der Waals surface area contributed by atoms with Gasteiger partial charge in [-0.15, -0.1) is 0 Å². The molecule has 1 amide bonds. The molecule has 0 heterocycles. The molecule has 0 fully saturated rings. The zero-order valence-corrected chi connectivity index (χ0v) is 21.3. The van der Waals surface area contributed by atoms with Crippen molar-refractivity contribution in [3.8, 4) is 11.5 Å². The Bertz CT molecular complexity index is 1130. The predicted octanol–water partition coefficient (Wildman–Crippen LogP) is 6.11. The number of carbonyl (C=O) groups excluding carboxylic acids is 1. The standard InChI is InChI=1S/C25H24Br2N2O3/c1-16-4-5-17(2)20(10-16)13-24(30)29-28-14-19-11-22(27)25(23(12-19)31-3)32-15-18-6-8-21(26)9-7-18/h4-12,14H,13,15H2,1-3H3,(H,29,30)/b28-14+. The molecule has 32 heavy (non-hydrogen) atoms. The largest absolute Gasteiger partial charge is 0.493 e. The van der Waals surface area contributed by atoms with Gasteiger partial charge in [0.15, 0.2) is 11.5 Å². The molecule has 0 bridgehead atoms. The van der Waals surface area contributed by atoms with Gasteiger partial charge >= 0.3 is 0 Å². The van der Waals surface area contributed by atoms with Gasteiger partial charge in [-0.25, -0.2) is 5.43 Å². The van der Waals surface area contributed by atoms with Crippen LogP contribution in [0.15, 0.2) is 68.6 Å². The fraction of sp³-hybridized carbons (Fsp3) is 0.200. The van der Waals surface area contributed by atoms with Gasteiger partial charge < -0.3 is 9.47 Å². The summed E-state index contributed by atoms with van der Waals surface area (Å²) in [7, 11) is 1.58. The fourth-order valence-electron chi connectivity index (χ4n) is 3.07. The Hall–Kier alpha value is -2.64. The molecular weight excluding hydrogens is 536 g/mol. The number of halogens is 2. The number of nitrogens with zero attached hydrogens (tertiary/aromatic N) is 1. The van der Waals surface area contributed by atoms with E-state index in [-0.39, 0.29) is 12.3 Å². The highest BCUT2D eigenvalue weighted by atomic mass is 79.9. The molecule has 0 spiro atoms. The average Bonchev–Trinajstić information content (AvgIpc) is 2.76. The van der Waals surface area contributed by atoms with Crippen molar-refractivity contribution in [3.63, 3.8) is 0 Å². The quantitative estimate of drug-likeness (QED) is 0.267. The maximum absolute atomic E-state index is 12.3. The van der Waals surface area contributed by atoms with Gasteiger partial charge in [-0.2, -0.15) is 5.10 Å². The lowest BCUT2D eigenvalue weighted by Gasteiger charge is -2.13. The molecule has 0 radical (unpaired) electrons. The lowest BCUT2D eigenvalue weighted by molar-refractivity contribution is -0.120. The number of carbonyl (C=O) groups is 1. The van der Waals surface area contributed by atoms with E-state index in [1.807, 2.05) is 68.4 Å². The van der Waals surface area contributed by atoms with Gasteiger partial charge in [0, 0.05) is 4.47 Å². The third kappa shape index (κ3) is 6.68. The lowest BCUT2D eigenvalue weighted by Crippen LogP contribution is -2.20.